The van der Waals surface area contributed by atoms with Crippen LogP contribution in [0.1, 0.15) is 171 Å². The smallest absolute Gasteiger partial charge is 0.303 e. The van der Waals surface area contributed by atoms with E-state index in [1.54, 1.807) is 4.90 Å². The van der Waals surface area contributed by atoms with E-state index in [-0.39, 0.29) is 82.4 Å². The van der Waals surface area contributed by atoms with Crippen molar-refractivity contribution in [2.24, 2.45) is 44.8 Å². The van der Waals surface area contributed by atoms with Crippen molar-refractivity contribution in [1.29, 1.82) is 0 Å². The third-order valence-corrected chi connectivity index (χ3v) is 19.3. The fourth-order valence-corrected chi connectivity index (χ4v) is 14.5. The molecule has 2 aliphatic heterocycles. The average Bonchev–Trinajstić information content (AvgIpc) is 4.13. The largest absolute Gasteiger partial charge is 0.345 e. The molecule has 7 atom stereocenters. The molecule has 13 heteroatoms. The Morgan fingerprint density at radius 2 is 1.50 bits per heavy atom. The van der Waals surface area contributed by atoms with Crippen LogP contribution < -0.4 is 10.0 Å². The minimum absolute atomic E-state index is 0.0115. The van der Waals surface area contributed by atoms with Crippen molar-refractivity contribution >= 4 is 39.5 Å². The van der Waals surface area contributed by atoms with E-state index < -0.39 is 44.9 Å². The molecule has 0 aromatic heterocycles. The number of ketones is 2. The van der Waals surface area contributed by atoms with Gasteiger partial charge in [0.1, 0.15) is 0 Å². The molecule has 0 aromatic carbocycles. The lowest BCUT2D eigenvalue weighted by Crippen LogP contribution is -2.57. The first-order valence-electron chi connectivity index (χ1n) is 23.8. The summed E-state index contributed by atoms with van der Waals surface area (Å²) in [6.07, 6.45) is 13.8. The van der Waals surface area contributed by atoms with E-state index >= 15 is 4.79 Å². The molecule has 2 heterocycles. The molecule has 12 nitrogen and oxygen atoms in total. The van der Waals surface area contributed by atoms with Crippen molar-refractivity contribution in [2.45, 2.75) is 201 Å². The number of carbonyl (C=O) groups excluding carboxylic acids is 5. The lowest BCUT2D eigenvalue weighted by Gasteiger charge is -2.40. The SMILES string of the molecule is CC[C@@H]1C[C@]1(CC(=O)[C@@H]1C[C@@]2(CN1C(=O)[C@@H](CC(=O)[C@@H](NC(=O)[C@@H]1CCCCN1C(C)C)C1CCCCC1)C(C)(C)C)C(C)(C)C21CCC1)C(=O)NS(=O)(=O)N(C)C1CC1. The zero-order chi connectivity index (χ0) is 43.8. The van der Waals surface area contributed by atoms with Gasteiger partial charge >= 0.3 is 10.2 Å². The third kappa shape index (κ3) is 7.83. The summed E-state index contributed by atoms with van der Waals surface area (Å²) in [5.41, 5.74) is -2.06. The van der Waals surface area contributed by atoms with Gasteiger partial charge in [0.15, 0.2) is 11.6 Å². The van der Waals surface area contributed by atoms with Gasteiger partial charge in [-0.2, -0.15) is 12.7 Å². The van der Waals surface area contributed by atoms with Crippen molar-refractivity contribution in [3.05, 3.63) is 0 Å². The van der Waals surface area contributed by atoms with Crippen molar-refractivity contribution in [3.8, 4) is 0 Å². The number of Topliss-reactive ketones (excluding diaryl/α,β-unsaturated/α-hetero) is 2. The Morgan fingerprint density at radius 3 is 2.03 bits per heavy atom. The highest BCUT2D eigenvalue weighted by molar-refractivity contribution is 7.87. The van der Waals surface area contributed by atoms with E-state index in [4.69, 9.17) is 0 Å². The van der Waals surface area contributed by atoms with E-state index in [9.17, 15) is 27.6 Å². The highest BCUT2D eigenvalue weighted by Gasteiger charge is 2.85. The molecule has 7 aliphatic rings. The van der Waals surface area contributed by atoms with Crippen LogP contribution in [0.3, 0.4) is 0 Å². The van der Waals surface area contributed by atoms with Gasteiger partial charge in [-0.15, -0.1) is 0 Å². The molecule has 0 unspecified atom stereocenters. The van der Waals surface area contributed by atoms with Gasteiger partial charge in [0.25, 0.3) is 0 Å². The molecule has 5 saturated carbocycles. The van der Waals surface area contributed by atoms with Gasteiger partial charge in [-0.25, -0.2) is 4.72 Å². The minimum Gasteiger partial charge on any atom is -0.345 e. The average molecular weight is 856 g/mol. The summed E-state index contributed by atoms with van der Waals surface area (Å²) < 4.78 is 30.1. The van der Waals surface area contributed by atoms with Crippen LogP contribution in [0.4, 0.5) is 0 Å². The first kappa shape index (κ1) is 45.6. The summed E-state index contributed by atoms with van der Waals surface area (Å²) in [6, 6.07) is -1.64. The van der Waals surface area contributed by atoms with Crippen molar-refractivity contribution in [3.63, 3.8) is 0 Å². The van der Waals surface area contributed by atoms with E-state index in [2.05, 4.69) is 42.6 Å². The van der Waals surface area contributed by atoms with Crippen molar-refractivity contribution in [2.75, 3.05) is 20.1 Å². The van der Waals surface area contributed by atoms with E-state index in [1.807, 2.05) is 27.7 Å². The molecule has 2 spiro atoms. The van der Waals surface area contributed by atoms with Crippen LogP contribution in [0, 0.1) is 44.8 Å². The molecule has 0 radical (unpaired) electrons. The molecular weight excluding hydrogens is 779 g/mol. The van der Waals surface area contributed by atoms with E-state index in [0.717, 1.165) is 90.0 Å². The Kier molecular flexibility index (Phi) is 12.4. The lowest BCUT2D eigenvalue weighted by molar-refractivity contribution is -0.147. The predicted molar refractivity (Wildman–Crippen MR) is 231 cm³/mol. The molecule has 2 saturated heterocycles. The number of carbonyl (C=O) groups is 5. The number of rotatable bonds is 16. The summed E-state index contributed by atoms with van der Waals surface area (Å²) in [6.45, 7) is 18.0. The zero-order valence-corrected chi connectivity index (χ0v) is 39.2. The standard InChI is InChI=1S/C47H77N5O7S/c1-10-32-26-45(32,42(57)49-60(58,59)50(9)33-20-21-33)28-38(54)36-27-47(44(7,8)46(47)22-16-23-46)29-52(36)41(56)34(43(4,5)6)25-37(53)39(31-17-12-11-13-18-31)48-40(55)35-19-14-15-24-51(35)30(2)3/h30-36,39H,10-29H2,1-9H3,(H,48,55)(H,49,57)/t32-,34-,35+,36+,39+,45-,47-/m1/s1. The Morgan fingerprint density at radius 1 is 0.850 bits per heavy atom. The number of hydrogen-bond acceptors (Lipinski definition) is 8. The number of nitrogens with one attached hydrogen (secondary N) is 2. The fourth-order valence-electron chi connectivity index (χ4n) is 13.3. The van der Waals surface area contributed by atoms with Crippen molar-refractivity contribution < 1.29 is 32.4 Å². The van der Waals surface area contributed by atoms with E-state index in [1.165, 1.54) is 11.4 Å². The number of amides is 3. The molecule has 5 aliphatic carbocycles. The highest BCUT2D eigenvalue weighted by Crippen LogP contribution is 2.88. The van der Waals surface area contributed by atoms with Gasteiger partial charge in [-0.05, 0) is 113 Å². The second kappa shape index (κ2) is 16.3. The van der Waals surface area contributed by atoms with Crippen LogP contribution in [0.15, 0.2) is 0 Å². The predicted octanol–water partition coefficient (Wildman–Crippen LogP) is 6.56. The summed E-state index contributed by atoms with van der Waals surface area (Å²) in [5, 5.41) is 3.29. The lowest BCUT2D eigenvalue weighted by atomic mass is 9.73. The molecule has 7 rings (SSSR count). The summed E-state index contributed by atoms with van der Waals surface area (Å²) in [4.78, 5) is 77.4. The van der Waals surface area contributed by atoms with Crippen LogP contribution in [0.5, 0.6) is 0 Å². The molecular formula is C47H77N5O7S. The first-order valence-corrected chi connectivity index (χ1v) is 25.2. The summed E-state index contributed by atoms with van der Waals surface area (Å²) in [7, 11) is -2.57. The Balaban J connectivity index is 1.15. The Bertz CT molecular complexity index is 1810. The third-order valence-electron chi connectivity index (χ3n) is 17.8. The van der Waals surface area contributed by atoms with Gasteiger partial charge in [-0.1, -0.05) is 80.1 Å². The number of likely N-dealkylation sites (tertiary alicyclic amines) is 2. The van der Waals surface area contributed by atoms with E-state index in [0.29, 0.717) is 25.8 Å². The molecule has 338 valence electrons. The Hall–Kier alpha value is -2.38. The van der Waals surface area contributed by atoms with Gasteiger partial charge < -0.3 is 10.2 Å². The quantitative estimate of drug-likeness (QED) is 0.177. The topological polar surface area (TPSA) is 153 Å². The van der Waals surface area contributed by atoms with Crippen LogP contribution in [0.2, 0.25) is 0 Å². The maximum atomic E-state index is 15.4. The number of nitrogens with zero attached hydrogens (tertiary/aromatic N) is 3. The summed E-state index contributed by atoms with van der Waals surface area (Å²) >= 11 is 0. The number of piperidine rings is 1. The van der Waals surface area contributed by atoms with Crippen LogP contribution in [-0.4, -0.2) is 102 Å². The minimum atomic E-state index is -4.06. The van der Waals surface area contributed by atoms with Crippen LogP contribution in [0.25, 0.3) is 0 Å². The monoisotopic (exact) mass is 856 g/mol. The second-order valence-electron chi connectivity index (χ2n) is 22.4. The molecule has 60 heavy (non-hydrogen) atoms. The maximum absolute atomic E-state index is 15.4. The summed E-state index contributed by atoms with van der Waals surface area (Å²) in [5.74, 6) is -2.06. The van der Waals surface area contributed by atoms with Gasteiger partial charge in [-0.3, -0.25) is 28.9 Å². The van der Waals surface area contributed by atoms with Crippen LogP contribution in [-0.2, 0) is 34.2 Å². The first-order chi connectivity index (χ1) is 28.1. The molecule has 0 bridgehead atoms. The van der Waals surface area contributed by atoms with Gasteiger partial charge in [0.05, 0.1) is 23.5 Å². The molecule has 2 N–H and O–H groups in total. The second-order valence-corrected chi connectivity index (χ2v) is 24.2. The maximum Gasteiger partial charge on any atom is 0.303 e. The van der Waals surface area contributed by atoms with Crippen LogP contribution >= 0.6 is 0 Å². The zero-order valence-electron chi connectivity index (χ0n) is 38.4. The van der Waals surface area contributed by atoms with Gasteiger partial charge in [0.2, 0.25) is 17.7 Å². The van der Waals surface area contributed by atoms with Gasteiger partial charge in [0, 0.05) is 49.9 Å². The number of hydrogen-bond donors (Lipinski definition) is 2. The molecule has 3 amide bonds. The number of fused-ring (bicyclic) bond motifs is 1. The molecule has 0 aromatic rings. The fraction of sp³-hybridized carbons (Fsp3) is 0.894. The van der Waals surface area contributed by atoms with Crippen molar-refractivity contribution in [1.82, 2.24) is 24.1 Å². The Labute approximate surface area is 361 Å². The normalized spacial score (nSPS) is 32.5. The molecule has 7 fully saturated rings. The highest BCUT2D eigenvalue weighted by atomic mass is 32.2.